The summed E-state index contributed by atoms with van der Waals surface area (Å²) in [6.07, 6.45) is -1.07. The van der Waals surface area contributed by atoms with Crippen molar-refractivity contribution in [3.8, 4) is 0 Å². The minimum atomic E-state index is -1.85. The van der Waals surface area contributed by atoms with Gasteiger partial charge in [-0.2, -0.15) is 0 Å². The predicted octanol–water partition coefficient (Wildman–Crippen LogP) is 2.27. The maximum atomic E-state index is 12.2. The minimum absolute atomic E-state index is 0.164. The van der Waals surface area contributed by atoms with Gasteiger partial charge in [0.05, 0.1) is 25.7 Å². The zero-order valence-electron chi connectivity index (χ0n) is 15.8. The molecule has 1 aliphatic heterocycles. The number of carbonyl (C=O) groups excluding carboxylic acids is 3. The Bertz CT molecular complexity index is 574. The summed E-state index contributed by atoms with van der Waals surface area (Å²) in [6.45, 7) is 10.6. The van der Waals surface area contributed by atoms with Crippen LogP contribution in [-0.4, -0.2) is 43.1 Å². The Balaban J connectivity index is 2.94. The molecule has 1 atom stereocenters. The number of hydrogen-bond donors (Lipinski definition) is 1. The number of amides is 1. The Kier molecular flexibility index (Phi) is 6.45. The zero-order chi connectivity index (χ0) is 19.4. The van der Waals surface area contributed by atoms with Crippen molar-refractivity contribution in [3.63, 3.8) is 0 Å². The molecule has 0 bridgehead atoms. The summed E-state index contributed by atoms with van der Waals surface area (Å²) in [7, 11) is 1.16. The molecule has 0 aliphatic carbocycles. The molecule has 8 nitrogen and oxygen atoms in total. The highest BCUT2D eigenvalue weighted by Crippen LogP contribution is 2.34. The third-order valence-corrected chi connectivity index (χ3v) is 3.19. The topological polar surface area (TPSA) is 100 Å². The molecule has 25 heavy (non-hydrogen) atoms. The summed E-state index contributed by atoms with van der Waals surface area (Å²) >= 11 is 0. The van der Waals surface area contributed by atoms with Crippen molar-refractivity contribution in [2.45, 2.75) is 59.3 Å². The summed E-state index contributed by atoms with van der Waals surface area (Å²) < 4.78 is 20.6. The highest BCUT2D eigenvalue weighted by Gasteiger charge is 2.51. The van der Waals surface area contributed by atoms with E-state index in [1.807, 2.05) is 13.8 Å². The van der Waals surface area contributed by atoms with E-state index in [0.717, 1.165) is 7.11 Å². The second kappa shape index (κ2) is 7.76. The average Bonchev–Trinajstić information content (AvgIpc) is 2.79. The van der Waals surface area contributed by atoms with Gasteiger partial charge in [-0.15, -0.1) is 0 Å². The summed E-state index contributed by atoms with van der Waals surface area (Å²) in [4.78, 5) is 36.5. The smallest absolute Gasteiger partial charge is 0.411 e. The molecule has 0 aromatic carbocycles. The maximum Gasteiger partial charge on any atom is 0.411 e. The fourth-order valence-corrected chi connectivity index (χ4v) is 2.15. The number of ether oxygens (including phenoxy) is 4. The summed E-state index contributed by atoms with van der Waals surface area (Å²) in [5, 5.41) is 2.37. The monoisotopic (exact) mass is 357 g/mol. The van der Waals surface area contributed by atoms with Crippen molar-refractivity contribution in [1.29, 1.82) is 0 Å². The molecule has 0 aromatic heterocycles. The van der Waals surface area contributed by atoms with Crippen LogP contribution >= 0.6 is 0 Å². The fraction of sp³-hybridized carbons (Fsp3) is 0.706. The van der Waals surface area contributed by atoms with E-state index >= 15 is 0 Å². The Labute approximate surface area is 147 Å². The molecule has 1 rings (SSSR count). The van der Waals surface area contributed by atoms with Gasteiger partial charge in [0.1, 0.15) is 11.4 Å². The highest BCUT2D eigenvalue weighted by atomic mass is 16.6. The Hall–Kier alpha value is -2.25. The van der Waals surface area contributed by atoms with Gasteiger partial charge in [0, 0.05) is 0 Å². The number of hydrogen-bond acceptors (Lipinski definition) is 7. The lowest BCUT2D eigenvalue weighted by Gasteiger charge is -2.29. The number of carbonyl (C=O) groups is 3. The zero-order valence-corrected chi connectivity index (χ0v) is 15.8. The molecule has 0 spiro atoms. The third-order valence-electron chi connectivity index (χ3n) is 3.19. The Morgan fingerprint density at radius 3 is 2.36 bits per heavy atom. The van der Waals surface area contributed by atoms with Gasteiger partial charge in [-0.1, -0.05) is 13.8 Å². The molecule has 1 amide bonds. The highest BCUT2D eigenvalue weighted by molar-refractivity contribution is 5.94. The molecule has 1 heterocycles. The van der Waals surface area contributed by atoms with Gasteiger partial charge in [0.15, 0.2) is 0 Å². The molecule has 1 aliphatic rings. The van der Waals surface area contributed by atoms with Crippen LogP contribution < -0.4 is 5.32 Å². The maximum absolute atomic E-state index is 12.2. The normalized spacial score (nSPS) is 20.2. The van der Waals surface area contributed by atoms with Gasteiger partial charge < -0.3 is 18.9 Å². The quantitative estimate of drug-likeness (QED) is 0.595. The van der Waals surface area contributed by atoms with Crippen molar-refractivity contribution in [3.05, 3.63) is 11.3 Å². The van der Waals surface area contributed by atoms with E-state index in [1.165, 1.54) is 6.92 Å². The minimum Gasteiger partial charge on any atom is -0.465 e. The number of rotatable bonds is 5. The van der Waals surface area contributed by atoms with Gasteiger partial charge in [0.2, 0.25) is 0 Å². The first kappa shape index (κ1) is 20.8. The van der Waals surface area contributed by atoms with Gasteiger partial charge in [-0.25, -0.2) is 14.4 Å². The van der Waals surface area contributed by atoms with Crippen molar-refractivity contribution in [2.75, 3.05) is 13.7 Å². The van der Waals surface area contributed by atoms with Crippen LogP contribution in [0.3, 0.4) is 0 Å². The van der Waals surface area contributed by atoms with E-state index in [1.54, 1.807) is 20.8 Å². The van der Waals surface area contributed by atoms with Crippen LogP contribution in [0.25, 0.3) is 0 Å². The number of methoxy groups -OCH3 is 1. The van der Waals surface area contributed by atoms with Crippen LogP contribution in [0.2, 0.25) is 0 Å². The molecule has 0 aromatic rings. The molecule has 8 heteroatoms. The van der Waals surface area contributed by atoms with Crippen molar-refractivity contribution in [2.24, 2.45) is 5.92 Å². The first-order valence-electron chi connectivity index (χ1n) is 8.05. The molecule has 1 N–H and O–H groups in total. The van der Waals surface area contributed by atoms with E-state index in [2.05, 4.69) is 5.32 Å². The number of alkyl carbamates (subject to hydrolysis) is 1. The number of esters is 2. The summed E-state index contributed by atoms with van der Waals surface area (Å²) in [6, 6.07) is 0. The van der Waals surface area contributed by atoms with Crippen LogP contribution in [0.15, 0.2) is 11.3 Å². The van der Waals surface area contributed by atoms with Crippen LogP contribution in [0.4, 0.5) is 4.79 Å². The first-order valence-corrected chi connectivity index (χ1v) is 8.05. The van der Waals surface area contributed by atoms with E-state index in [4.69, 9.17) is 18.9 Å². The van der Waals surface area contributed by atoms with Crippen molar-refractivity contribution < 1.29 is 33.3 Å². The van der Waals surface area contributed by atoms with Crippen LogP contribution in [0.1, 0.15) is 48.0 Å². The molecule has 142 valence electrons. The van der Waals surface area contributed by atoms with Gasteiger partial charge in [-0.05, 0) is 33.6 Å². The van der Waals surface area contributed by atoms with E-state index < -0.39 is 29.4 Å². The van der Waals surface area contributed by atoms with Gasteiger partial charge >= 0.3 is 18.0 Å². The molecule has 0 radical (unpaired) electrons. The molecule has 1 unspecified atom stereocenters. The lowest BCUT2D eigenvalue weighted by Crippen LogP contribution is -2.56. The number of allylic oxidation sites excluding steroid dienone is 1. The standard InChI is InChI=1S/C17H27NO7/c1-10(2)9-23-13(19)12-8-17(14(20)22-7,24-11(12)3)18-15(21)25-16(4,5)6/h10H,8-9H2,1-7H3,(H,18,21). The van der Waals surface area contributed by atoms with Crippen molar-refractivity contribution in [1.82, 2.24) is 5.32 Å². The lowest BCUT2D eigenvalue weighted by molar-refractivity contribution is -0.165. The Morgan fingerprint density at radius 1 is 1.28 bits per heavy atom. The lowest BCUT2D eigenvalue weighted by atomic mass is 10.0. The largest absolute Gasteiger partial charge is 0.465 e. The second-order valence-electron chi connectivity index (χ2n) is 7.25. The van der Waals surface area contributed by atoms with Crippen LogP contribution in [0.5, 0.6) is 0 Å². The Morgan fingerprint density at radius 2 is 1.88 bits per heavy atom. The summed E-state index contributed by atoms with van der Waals surface area (Å²) in [5.41, 5.74) is -2.45. The third kappa shape index (κ3) is 5.65. The number of nitrogens with one attached hydrogen (secondary N) is 1. The SMILES string of the molecule is COC(=O)C1(NC(=O)OC(C)(C)C)CC(C(=O)OCC(C)C)=C(C)O1. The average molecular weight is 357 g/mol. The van der Waals surface area contributed by atoms with Crippen LogP contribution in [0, 0.1) is 5.92 Å². The predicted molar refractivity (Wildman–Crippen MR) is 88.3 cm³/mol. The second-order valence-corrected chi connectivity index (χ2v) is 7.25. The molecular weight excluding hydrogens is 330 g/mol. The molecular formula is C17H27NO7. The van der Waals surface area contributed by atoms with E-state index in [0.29, 0.717) is 0 Å². The van der Waals surface area contributed by atoms with Gasteiger partial charge in [-0.3, -0.25) is 5.32 Å². The molecule has 0 fully saturated rings. The molecule has 0 saturated carbocycles. The molecule has 0 saturated heterocycles. The fourth-order valence-electron chi connectivity index (χ4n) is 2.15. The van der Waals surface area contributed by atoms with Crippen molar-refractivity contribution >= 4 is 18.0 Å². The summed E-state index contributed by atoms with van der Waals surface area (Å²) in [5.74, 6) is -1.08. The van der Waals surface area contributed by atoms with E-state index in [-0.39, 0.29) is 30.3 Å². The van der Waals surface area contributed by atoms with Crippen LogP contribution in [-0.2, 0) is 28.5 Å². The first-order chi connectivity index (χ1) is 11.4. The van der Waals surface area contributed by atoms with E-state index in [9.17, 15) is 14.4 Å². The van der Waals surface area contributed by atoms with Gasteiger partial charge in [0.25, 0.3) is 5.72 Å².